The van der Waals surface area contributed by atoms with Gasteiger partial charge >= 0.3 is 0 Å². The van der Waals surface area contributed by atoms with Gasteiger partial charge in [-0.25, -0.2) is 0 Å². The van der Waals surface area contributed by atoms with E-state index in [-0.39, 0.29) is 5.41 Å². The summed E-state index contributed by atoms with van der Waals surface area (Å²) in [6.45, 7) is 5.35. The number of fused-ring (bicyclic) bond motifs is 1. The number of benzene rings is 1. The van der Waals surface area contributed by atoms with E-state index < -0.39 is 0 Å². The molecule has 2 aromatic rings. The van der Waals surface area contributed by atoms with Gasteiger partial charge in [0, 0.05) is 20.7 Å². The van der Waals surface area contributed by atoms with Crippen molar-refractivity contribution in [3.05, 3.63) is 51.7 Å². The predicted octanol–water partition coefficient (Wildman–Crippen LogP) is 4.59. The first kappa shape index (κ1) is 12.7. The van der Waals surface area contributed by atoms with Gasteiger partial charge in [0.15, 0.2) is 0 Å². The third-order valence-corrected chi connectivity index (χ3v) is 5.01. The van der Waals surface area contributed by atoms with E-state index in [0.717, 1.165) is 18.8 Å². The van der Waals surface area contributed by atoms with Crippen molar-refractivity contribution in [1.82, 2.24) is 0 Å². The first-order chi connectivity index (χ1) is 9.21. The Bertz CT molecular complexity index is 572. The van der Waals surface area contributed by atoms with E-state index in [1.165, 1.54) is 28.2 Å². The highest BCUT2D eigenvalue weighted by molar-refractivity contribution is 7.12. The molecule has 2 heteroatoms. The van der Waals surface area contributed by atoms with Crippen LogP contribution < -0.4 is 4.74 Å². The summed E-state index contributed by atoms with van der Waals surface area (Å²) in [4.78, 5) is 2.99. The smallest absolute Gasteiger partial charge is 0.123 e. The Balaban J connectivity index is 1.82. The van der Waals surface area contributed by atoms with Crippen LogP contribution >= 0.6 is 11.3 Å². The van der Waals surface area contributed by atoms with Gasteiger partial charge in [0.05, 0.1) is 6.61 Å². The molecule has 0 saturated carbocycles. The molecule has 3 rings (SSSR count). The zero-order chi connectivity index (χ0) is 13.3. The number of hydrogen-bond donors (Lipinski definition) is 0. The van der Waals surface area contributed by atoms with Gasteiger partial charge in [-0.1, -0.05) is 38.5 Å². The molecule has 100 valence electrons. The monoisotopic (exact) mass is 272 g/mol. The molecule has 0 aliphatic carbocycles. The molecule has 0 bridgehead atoms. The van der Waals surface area contributed by atoms with Crippen LogP contribution in [0.15, 0.2) is 36.4 Å². The second-order valence-electron chi connectivity index (χ2n) is 5.64. The SMILES string of the molecule is CCCc1ccc(CC2(C)COc3ccccc32)s1. The molecule has 0 N–H and O–H groups in total. The molecule has 1 nitrogen and oxygen atoms in total. The first-order valence-electron chi connectivity index (χ1n) is 7.01. The highest BCUT2D eigenvalue weighted by atomic mass is 32.1. The maximum atomic E-state index is 5.85. The summed E-state index contributed by atoms with van der Waals surface area (Å²) < 4.78 is 5.85. The lowest BCUT2D eigenvalue weighted by Crippen LogP contribution is -2.26. The van der Waals surface area contributed by atoms with E-state index in [1.54, 1.807) is 0 Å². The van der Waals surface area contributed by atoms with E-state index in [4.69, 9.17) is 4.74 Å². The number of hydrogen-bond acceptors (Lipinski definition) is 2. The average molecular weight is 272 g/mol. The summed E-state index contributed by atoms with van der Waals surface area (Å²) in [5, 5.41) is 0. The summed E-state index contributed by atoms with van der Waals surface area (Å²) >= 11 is 1.96. The van der Waals surface area contributed by atoms with Gasteiger partial charge < -0.3 is 4.74 Å². The van der Waals surface area contributed by atoms with E-state index in [0.29, 0.717) is 0 Å². The second-order valence-corrected chi connectivity index (χ2v) is 6.89. The molecule has 19 heavy (non-hydrogen) atoms. The number of para-hydroxylation sites is 1. The van der Waals surface area contributed by atoms with Gasteiger partial charge in [-0.05, 0) is 31.0 Å². The molecule has 2 heterocycles. The molecular weight excluding hydrogens is 252 g/mol. The topological polar surface area (TPSA) is 9.23 Å². The molecule has 1 aromatic heterocycles. The van der Waals surface area contributed by atoms with Gasteiger partial charge in [-0.15, -0.1) is 11.3 Å². The lowest BCUT2D eigenvalue weighted by Gasteiger charge is -2.21. The van der Waals surface area contributed by atoms with Crippen LogP contribution in [-0.2, 0) is 18.3 Å². The van der Waals surface area contributed by atoms with Gasteiger partial charge in [-0.2, -0.15) is 0 Å². The average Bonchev–Trinajstić information content (AvgIpc) is 2.97. The quantitative estimate of drug-likeness (QED) is 0.790. The Labute approximate surface area is 119 Å². The minimum atomic E-state index is 0.130. The Morgan fingerprint density at radius 3 is 2.79 bits per heavy atom. The van der Waals surface area contributed by atoms with Crippen LogP contribution in [0, 0.1) is 0 Å². The second kappa shape index (κ2) is 5.01. The molecule has 1 atom stereocenters. The molecule has 1 aromatic carbocycles. The maximum absolute atomic E-state index is 5.85. The first-order valence-corrected chi connectivity index (χ1v) is 7.83. The maximum Gasteiger partial charge on any atom is 0.123 e. The normalized spacial score (nSPS) is 21.2. The van der Waals surface area contributed by atoms with Crippen LogP contribution in [0.1, 0.15) is 35.6 Å². The number of aryl methyl sites for hydroxylation is 1. The third kappa shape index (κ3) is 2.42. The predicted molar refractivity (Wildman–Crippen MR) is 81.3 cm³/mol. The molecule has 1 aliphatic heterocycles. The Hall–Kier alpha value is -1.28. The minimum Gasteiger partial charge on any atom is -0.492 e. The highest BCUT2D eigenvalue weighted by Crippen LogP contribution is 2.41. The molecule has 0 fully saturated rings. The molecular formula is C17H20OS. The van der Waals surface area contributed by atoms with Gasteiger partial charge in [0.1, 0.15) is 5.75 Å². The molecule has 0 radical (unpaired) electrons. The van der Waals surface area contributed by atoms with E-state index >= 15 is 0 Å². The zero-order valence-corrected chi connectivity index (χ0v) is 12.4. The minimum absolute atomic E-state index is 0.130. The van der Waals surface area contributed by atoms with Crippen LogP contribution in [0.25, 0.3) is 0 Å². The van der Waals surface area contributed by atoms with Crippen LogP contribution in [0.4, 0.5) is 0 Å². The van der Waals surface area contributed by atoms with Crippen molar-refractivity contribution < 1.29 is 4.74 Å². The van der Waals surface area contributed by atoms with Crippen LogP contribution in [0.3, 0.4) is 0 Å². The van der Waals surface area contributed by atoms with E-state index in [9.17, 15) is 0 Å². The highest BCUT2D eigenvalue weighted by Gasteiger charge is 2.36. The lowest BCUT2D eigenvalue weighted by atomic mass is 9.81. The van der Waals surface area contributed by atoms with Crippen molar-refractivity contribution in [3.63, 3.8) is 0 Å². The Morgan fingerprint density at radius 2 is 1.95 bits per heavy atom. The molecule has 0 saturated heterocycles. The van der Waals surface area contributed by atoms with E-state index in [2.05, 4.69) is 50.2 Å². The van der Waals surface area contributed by atoms with Crippen molar-refractivity contribution in [2.75, 3.05) is 6.61 Å². The standard InChI is InChI=1S/C17H20OS/c1-3-6-13-9-10-14(19-13)11-17(2)12-18-16-8-5-4-7-15(16)17/h4-5,7-10H,3,6,11-12H2,1-2H3. The lowest BCUT2D eigenvalue weighted by molar-refractivity contribution is 0.277. The molecule has 1 aliphatic rings. The fourth-order valence-electron chi connectivity index (χ4n) is 2.83. The molecule has 0 spiro atoms. The van der Waals surface area contributed by atoms with Gasteiger partial charge in [-0.3, -0.25) is 0 Å². The number of ether oxygens (including phenoxy) is 1. The van der Waals surface area contributed by atoms with Crippen molar-refractivity contribution in [1.29, 1.82) is 0 Å². The summed E-state index contributed by atoms with van der Waals surface area (Å²) in [5.74, 6) is 1.07. The van der Waals surface area contributed by atoms with E-state index in [1.807, 2.05) is 11.3 Å². The summed E-state index contributed by atoms with van der Waals surface area (Å²) in [6, 6.07) is 13.0. The third-order valence-electron chi connectivity index (χ3n) is 3.86. The summed E-state index contributed by atoms with van der Waals surface area (Å²) in [5.41, 5.74) is 1.49. The number of thiophene rings is 1. The van der Waals surface area contributed by atoms with Crippen LogP contribution in [-0.4, -0.2) is 6.61 Å². The number of rotatable bonds is 4. The largest absolute Gasteiger partial charge is 0.492 e. The summed E-state index contributed by atoms with van der Waals surface area (Å²) in [7, 11) is 0. The molecule has 0 amide bonds. The Morgan fingerprint density at radius 1 is 1.16 bits per heavy atom. The van der Waals surface area contributed by atoms with Gasteiger partial charge in [0.25, 0.3) is 0 Å². The van der Waals surface area contributed by atoms with Crippen molar-refractivity contribution >= 4 is 11.3 Å². The fraction of sp³-hybridized carbons (Fsp3) is 0.412. The van der Waals surface area contributed by atoms with Gasteiger partial charge in [0.2, 0.25) is 0 Å². The van der Waals surface area contributed by atoms with Crippen molar-refractivity contribution in [2.45, 2.75) is 38.5 Å². The van der Waals surface area contributed by atoms with Crippen molar-refractivity contribution in [3.8, 4) is 5.75 Å². The summed E-state index contributed by atoms with van der Waals surface area (Å²) in [6.07, 6.45) is 3.51. The van der Waals surface area contributed by atoms with Crippen molar-refractivity contribution in [2.24, 2.45) is 0 Å². The van der Waals surface area contributed by atoms with Crippen LogP contribution in [0.2, 0.25) is 0 Å². The fourth-order valence-corrected chi connectivity index (χ4v) is 4.14. The van der Waals surface area contributed by atoms with Crippen LogP contribution in [0.5, 0.6) is 5.75 Å². The zero-order valence-electron chi connectivity index (χ0n) is 11.6. The molecule has 1 unspecified atom stereocenters. The Kier molecular flexibility index (Phi) is 3.36.